The molecule has 130 valence electrons. The van der Waals surface area contributed by atoms with E-state index in [0.717, 1.165) is 30.4 Å². The second-order valence-corrected chi connectivity index (χ2v) is 6.41. The summed E-state index contributed by atoms with van der Waals surface area (Å²) in [7, 11) is 0. The van der Waals surface area contributed by atoms with Gasteiger partial charge >= 0.3 is 5.97 Å². The number of Topliss-reactive ketones (excluding diaryl/α,β-unsaturated/α-hetero) is 1. The number of carbonyl (C=O) groups excluding carboxylic acids is 2. The first-order valence-corrected chi connectivity index (χ1v) is 8.54. The molecule has 25 heavy (non-hydrogen) atoms. The molecule has 0 radical (unpaired) electrons. The van der Waals surface area contributed by atoms with Crippen LogP contribution >= 0.6 is 0 Å². The summed E-state index contributed by atoms with van der Waals surface area (Å²) in [6, 6.07) is 11.4. The van der Waals surface area contributed by atoms with Crippen molar-refractivity contribution in [2.45, 2.75) is 33.1 Å². The first kappa shape index (κ1) is 17.2. The van der Waals surface area contributed by atoms with E-state index in [1.54, 1.807) is 0 Å². The molecule has 2 aromatic rings. The molecule has 0 heterocycles. The van der Waals surface area contributed by atoms with E-state index in [1.165, 1.54) is 11.1 Å². The minimum Gasteiger partial charge on any atom is -0.482 e. The summed E-state index contributed by atoms with van der Waals surface area (Å²) in [6.07, 6.45) is 3.23. The van der Waals surface area contributed by atoms with Gasteiger partial charge in [0.1, 0.15) is 5.75 Å². The van der Waals surface area contributed by atoms with Crippen LogP contribution in [0.15, 0.2) is 36.4 Å². The Hall–Kier alpha value is -2.62. The van der Waals surface area contributed by atoms with Crippen LogP contribution in [0.1, 0.15) is 39.0 Å². The Morgan fingerprint density at radius 1 is 1.00 bits per heavy atom. The monoisotopic (exact) mass is 338 g/mol. The molecule has 0 unspecified atom stereocenters. The Morgan fingerprint density at radius 2 is 1.80 bits per heavy atom. The van der Waals surface area contributed by atoms with Crippen molar-refractivity contribution in [1.29, 1.82) is 0 Å². The van der Waals surface area contributed by atoms with Gasteiger partial charge in [0.25, 0.3) is 0 Å². The molecular formula is C21H22O4. The number of aryl methyl sites for hydroxylation is 3. The van der Waals surface area contributed by atoms with E-state index in [4.69, 9.17) is 9.47 Å². The van der Waals surface area contributed by atoms with Crippen molar-refractivity contribution in [2.75, 3.05) is 13.2 Å². The molecule has 0 saturated carbocycles. The van der Waals surface area contributed by atoms with Crippen LogP contribution in [-0.4, -0.2) is 25.0 Å². The number of benzene rings is 2. The molecule has 0 saturated heterocycles. The maximum atomic E-state index is 12.2. The first-order chi connectivity index (χ1) is 12.0. The predicted octanol–water partition coefficient (Wildman–Crippen LogP) is 3.60. The van der Waals surface area contributed by atoms with E-state index in [2.05, 4.69) is 0 Å². The highest BCUT2D eigenvalue weighted by Crippen LogP contribution is 2.23. The summed E-state index contributed by atoms with van der Waals surface area (Å²) in [6.45, 7) is 3.46. The van der Waals surface area contributed by atoms with Crippen LogP contribution in [0.3, 0.4) is 0 Å². The number of ether oxygens (including phenoxy) is 2. The lowest BCUT2D eigenvalue weighted by Gasteiger charge is -2.10. The summed E-state index contributed by atoms with van der Waals surface area (Å²) in [5.41, 5.74) is 5.23. The molecule has 0 spiro atoms. The van der Waals surface area contributed by atoms with Crippen molar-refractivity contribution in [3.8, 4) is 5.75 Å². The van der Waals surface area contributed by atoms with Crippen molar-refractivity contribution < 1.29 is 19.1 Å². The van der Waals surface area contributed by atoms with Gasteiger partial charge in [-0.05, 0) is 67.5 Å². The van der Waals surface area contributed by atoms with Crippen molar-refractivity contribution in [1.82, 2.24) is 0 Å². The number of fused-ring (bicyclic) bond motifs is 1. The smallest absolute Gasteiger partial charge is 0.344 e. The molecule has 0 aliphatic heterocycles. The van der Waals surface area contributed by atoms with Gasteiger partial charge in [0, 0.05) is 5.56 Å². The van der Waals surface area contributed by atoms with E-state index in [1.807, 2.05) is 50.2 Å². The minimum absolute atomic E-state index is 0.185. The lowest BCUT2D eigenvalue weighted by molar-refractivity contribution is -0.144. The fourth-order valence-corrected chi connectivity index (χ4v) is 3.03. The maximum Gasteiger partial charge on any atom is 0.344 e. The summed E-state index contributed by atoms with van der Waals surface area (Å²) in [4.78, 5) is 24.0. The SMILES string of the molecule is Cc1cccc(OCC(=O)OCC(=O)c2ccc3c(c2)CCC3)c1C. The Labute approximate surface area is 147 Å². The van der Waals surface area contributed by atoms with Gasteiger partial charge in [-0.25, -0.2) is 4.79 Å². The Kier molecular flexibility index (Phi) is 5.17. The Morgan fingerprint density at radius 3 is 2.64 bits per heavy atom. The van der Waals surface area contributed by atoms with Crippen LogP contribution in [0.4, 0.5) is 0 Å². The van der Waals surface area contributed by atoms with Gasteiger partial charge in [-0.3, -0.25) is 4.79 Å². The van der Waals surface area contributed by atoms with E-state index >= 15 is 0 Å². The molecule has 0 atom stereocenters. The van der Waals surface area contributed by atoms with Gasteiger partial charge in [0.2, 0.25) is 0 Å². The van der Waals surface area contributed by atoms with Crippen LogP contribution in [0.5, 0.6) is 5.75 Å². The normalized spacial score (nSPS) is 12.6. The quantitative estimate of drug-likeness (QED) is 0.596. The molecule has 0 N–H and O–H groups in total. The molecule has 1 aliphatic carbocycles. The Bertz CT molecular complexity index is 808. The van der Waals surface area contributed by atoms with E-state index < -0.39 is 5.97 Å². The van der Waals surface area contributed by atoms with E-state index in [9.17, 15) is 9.59 Å². The van der Waals surface area contributed by atoms with Gasteiger partial charge in [-0.15, -0.1) is 0 Å². The zero-order valence-corrected chi connectivity index (χ0v) is 14.6. The number of esters is 1. The molecule has 3 rings (SSSR count). The van der Waals surface area contributed by atoms with Gasteiger partial charge in [-0.2, -0.15) is 0 Å². The average Bonchev–Trinajstić information content (AvgIpc) is 3.08. The van der Waals surface area contributed by atoms with Crippen molar-refractivity contribution in [3.63, 3.8) is 0 Å². The second kappa shape index (κ2) is 7.51. The van der Waals surface area contributed by atoms with E-state index in [-0.39, 0.29) is 19.0 Å². The molecule has 1 aliphatic rings. The zero-order valence-electron chi connectivity index (χ0n) is 14.6. The zero-order chi connectivity index (χ0) is 17.8. The summed E-state index contributed by atoms with van der Waals surface area (Å²) >= 11 is 0. The highest BCUT2D eigenvalue weighted by Gasteiger charge is 2.15. The molecule has 0 aromatic heterocycles. The minimum atomic E-state index is -0.546. The molecular weight excluding hydrogens is 316 g/mol. The fraction of sp³-hybridized carbons (Fsp3) is 0.333. The average molecular weight is 338 g/mol. The lowest BCUT2D eigenvalue weighted by Crippen LogP contribution is -2.20. The number of hydrogen-bond donors (Lipinski definition) is 0. The van der Waals surface area contributed by atoms with Crippen LogP contribution in [0.25, 0.3) is 0 Å². The standard InChI is InChI=1S/C21H22O4/c1-14-5-3-8-20(15(14)2)24-13-21(23)25-12-19(22)18-10-9-16-6-4-7-17(16)11-18/h3,5,8-11H,4,6-7,12-13H2,1-2H3. The van der Waals surface area contributed by atoms with Gasteiger partial charge in [-0.1, -0.05) is 24.3 Å². The number of hydrogen-bond acceptors (Lipinski definition) is 4. The molecule has 0 fully saturated rings. The highest BCUT2D eigenvalue weighted by molar-refractivity contribution is 5.98. The van der Waals surface area contributed by atoms with Gasteiger partial charge < -0.3 is 9.47 Å². The second-order valence-electron chi connectivity index (χ2n) is 6.41. The maximum absolute atomic E-state index is 12.2. The van der Waals surface area contributed by atoms with Crippen molar-refractivity contribution >= 4 is 11.8 Å². The lowest BCUT2D eigenvalue weighted by atomic mass is 10.0. The summed E-state index contributed by atoms with van der Waals surface area (Å²) in [5, 5.41) is 0. The molecule has 2 aromatic carbocycles. The number of rotatable bonds is 6. The van der Waals surface area contributed by atoms with Crippen LogP contribution in [0, 0.1) is 13.8 Å². The highest BCUT2D eigenvalue weighted by atomic mass is 16.6. The molecule has 0 amide bonds. The molecule has 0 bridgehead atoms. The third-order valence-corrected chi connectivity index (χ3v) is 4.69. The van der Waals surface area contributed by atoms with Crippen LogP contribution in [-0.2, 0) is 22.4 Å². The topological polar surface area (TPSA) is 52.6 Å². The Balaban J connectivity index is 1.50. The third-order valence-electron chi connectivity index (χ3n) is 4.69. The number of carbonyl (C=O) groups is 2. The van der Waals surface area contributed by atoms with E-state index in [0.29, 0.717) is 11.3 Å². The summed E-state index contributed by atoms with van der Waals surface area (Å²) in [5.74, 6) is -0.0768. The molecule has 4 nitrogen and oxygen atoms in total. The number of ketones is 1. The molecule has 4 heteroatoms. The van der Waals surface area contributed by atoms with Gasteiger partial charge in [0.05, 0.1) is 0 Å². The predicted molar refractivity (Wildman–Crippen MR) is 95.2 cm³/mol. The van der Waals surface area contributed by atoms with Crippen LogP contribution in [0.2, 0.25) is 0 Å². The largest absolute Gasteiger partial charge is 0.482 e. The fourth-order valence-electron chi connectivity index (χ4n) is 3.03. The first-order valence-electron chi connectivity index (χ1n) is 8.54. The summed E-state index contributed by atoms with van der Waals surface area (Å²) < 4.78 is 10.5. The van der Waals surface area contributed by atoms with Crippen LogP contribution < -0.4 is 4.74 Å². The third kappa shape index (κ3) is 4.08. The van der Waals surface area contributed by atoms with Gasteiger partial charge in [0.15, 0.2) is 19.0 Å². The van der Waals surface area contributed by atoms with Crippen molar-refractivity contribution in [3.05, 3.63) is 64.2 Å². The van der Waals surface area contributed by atoms with Crippen molar-refractivity contribution in [2.24, 2.45) is 0 Å².